The van der Waals surface area contributed by atoms with Crippen molar-refractivity contribution in [1.82, 2.24) is 0 Å². The maximum Gasteiger partial charge on any atom is 0.107 e. The van der Waals surface area contributed by atoms with Crippen LogP contribution < -0.4 is 0 Å². The highest BCUT2D eigenvalue weighted by atomic mass is 79.9. The topological polar surface area (TPSA) is 0 Å². The summed E-state index contributed by atoms with van der Waals surface area (Å²) in [5.41, 5.74) is 0. The van der Waals surface area contributed by atoms with Gasteiger partial charge in [-0.15, -0.1) is 11.3 Å². The van der Waals surface area contributed by atoms with E-state index < -0.39 is 0 Å². The zero-order valence-electron chi connectivity index (χ0n) is 8.31. The highest BCUT2D eigenvalue weighted by molar-refractivity contribution is 9.10. The first-order valence-corrected chi connectivity index (χ1v) is 8.17. The van der Waals surface area contributed by atoms with Crippen LogP contribution in [0, 0.1) is 5.92 Å². The van der Waals surface area contributed by atoms with Crippen molar-refractivity contribution in [2.24, 2.45) is 5.92 Å². The number of hydrogen-bond acceptors (Lipinski definition) is 1. The van der Waals surface area contributed by atoms with Crippen LogP contribution in [0.4, 0.5) is 0 Å². The zero-order chi connectivity index (χ0) is 10.8. The van der Waals surface area contributed by atoms with Crippen molar-refractivity contribution in [3.63, 3.8) is 0 Å². The first-order chi connectivity index (χ1) is 7.18. The molecular formula is C11H13Br2ClS. The third kappa shape index (κ3) is 2.99. The van der Waals surface area contributed by atoms with Crippen LogP contribution in [-0.2, 0) is 0 Å². The molecule has 1 fully saturated rings. The molecule has 1 aromatic rings. The lowest BCUT2D eigenvalue weighted by molar-refractivity contribution is 0.356. The van der Waals surface area contributed by atoms with E-state index in [0.29, 0.717) is 4.83 Å². The van der Waals surface area contributed by atoms with Gasteiger partial charge in [-0.1, -0.05) is 46.8 Å². The Kier molecular flexibility index (Phi) is 4.57. The van der Waals surface area contributed by atoms with E-state index in [2.05, 4.69) is 37.9 Å². The average Bonchev–Trinajstić information content (AvgIpc) is 2.59. The Morgan fingerprint density at radius 1 is 1.33 bits per heavy atom. The molecule has 1 aliphatic rings. The van der Waals surface area contributed by atoms with E-state index in [0.717, 1.165) is 14.7 Å². The molecule has 0 amide bonds. The number of alkyl halides is 1. The lowest BCUT2D eigenvalue weighted by atomic mass is 9.86. The summed E-state index contributed by atoms with van der Waals surface area (Å²) in [7, 11) is 0. The largest absolute Gasteiger partial charge is 0.126 e. The summed E-state index contributed by atoms with van der Waals surface area (Å²) in [6.07, 6.45) is 6.87. The molecule has 0 aliphatic heterocycles. The van der Waals surface area contributed by atoms with Crippen molar-refractivity contribution in [3.05, 3.63) is 19.8 Å². The Bertz CT molecular complexity index is 312. The van der Waals surface area contributed by atoms with Gasteiger partial charge in [0.1, 0.15) is 4.34 Å². The molecule has 0 N–H and O–H groups in total. The number of halogens is 3. The van der Waals surface area contributed by atoms with E-state index in [1.54, 1.807) is 11.3 Å². The lowest BCUT2D eigenvalue weighted by Crippen LogP contribution is -2.10. The molecule has 84 valence electrons. The Morgan fingerprint density at radius 2 is 2.00 bits per heavy atom. The van der Waals surface area contributed by atoms with Gasteiger partial charge in [0.25, 0.3) is 0 Å². The van der Waals surface area contributed by atoms with E-state index in [9.17, 15) is 0 Å². The normalized spacial score (nSPS) is 20.5. The van der Waals surface area contributed by atoms with Gasteiger partial charge < -0.3 is 0 Å². The Hall–Kier alpha value is 0.950. The average molecular weight is 373 g/mol. The van der Waals surface area contributed by atoms with Crippen molar-refractivity contribution < 1.29 is 0 Å². The summed E-state index contributed by atoms with van der Waals surface area (Å²) in [4.78, 5) is 1.85. The molecule has 1 atom stereocenters. The fourth-order valence-corrected chi connectivity index (χ4v) is 4.91. The van der Waals surface area contributed by atoms with Gasteiger partial charge in [-0.05, 0) is 40.8 Å². The third-order valence-corrected chi connectivity index (χ3v) is 7.10. The standard InChI is InChI=1S/C11H13Br2ClS/c12-8-6-9(15-11(8)14)10(13)7-4-2-1-3-5-7/h6-7,10H,1-5H2. The van der Waals surface area contributed by atoms with Crippen LogP contribution >= 0.6 is 54.8 Å². The fourth-order valence-electron chi connectivity index (χ4n) is 2.16. The highest BCUT2D eigenvalue weighted by Crippen LogP contribution is 2.45. The molecule has 1 heterocycles. The van der Waals surface area contributed by atoms with Crippen molar-refractivity contribution in [1.29, 1.82) is 0 Å². The lowest BCUT2D eigenvalue weighted by Gasteiger charge is -2.25. The van der Waals surface area contributed by atoms with Crippen LogP contribution in [0.2, 0.25) is 4.34 Å². The molecule has 0 aromatic carbocycles. The summed E-state index contributed by atoms with van der Waals surface area (Å²) in [5, 5.41) is 0. The number of hydrogen-bond donors (Lipinski definition) is 0. The third-order valence-electron chi connectivity index (χ3n) is 3.00. The van der Waals surface area contributed by atoms with Crippen LogP contribution in [0.3, 0.4) is 0 Å². The zero-order valence-corrected chi connectivity index (χ0v) is 13.1. The van der Waals surface area contributed by atoms with Crippen LogP contribution in [-0.4, -0.2) is 0 Å². The van der Waals surface area contributed by atoms with Gasteiger partial charge in [0, 0.05) is 9.35 Å². The molecule has 0 bridgehead atoms. The Morgan fingerprint density at radius 3 is 2.53 bits per heavy atom. The SMILES string of the molecule is Clc1sc(C(Br)C2CCCCC2)cc1Br. The van der Waals surface area contributed by atoms with E-state index in [-0.39, 0.29) is 0 Å². The molecule has 1 unspecified atom stereocenters. The molecule has 1 aliphatic carbocycles. The van der Waals surface area contributed by atoms with Crippen LogP contribution in [0.5, 0.6) is 0 Å². The second kappa shape index (κ2) is 5.52. The smallest absolute Gasteiger partial charge is 0.107 e. The maximum absolute atomic E-state index is 6.06. The predicted molar refractivity (Wildman–Crippen MR) is 75.3 cm³/mol. The summed E-state index contributed by atoms with van der Waals surface area (Å²) in [6, 6.07) is 2.15. The van der Waals surface area contributed by atoms with Crippen LogP contribution in [0.1, 0.15) is 41.8 Å². The predicted octanol–water partition coefficient (Wildman–Crippen LogP) is 6.18. The van der Waals surface area contributed by atoms with Gasteiger partial charge in [0.15, 0.2) is 0 Å². The van der Waals surface area contributed by atoms with Crippen LogP contribution in [0.15, 0.2) is 10.5 Å². The molecule has 0 spiro atoms. The molecule has 0 saturated heterocycles. The van der Waals surface area contributed by atoms with Gasteiger partial charge in [0.2, 0.25) is 0 Å². The van der Waals surface area contributed by atoms with Crippen molar-refractivity contribution in [3.8, 4) is 0 Å². The second-order valence-electron chi connectivity index (χ2n) is 4.07. The molecular weight excluding hydrogens is 359 g/mol. The minimum Gasteiger partial charge on any atom is -0.126 e. The molecule has 2 rings (SSSR count). The molecule has 1 aromatic heterocycles. The number of thiophene rings is 1. The molecule has 4 heteroatoms. The molecule has 0 radical (unpaired) electrons. The second-order valence-corrected chi connectivity index (χ2v) is 7.60. The van der Waals surface area contributed by atoms with Crippen molar-refractivity contribution in [2.75, 3.05) is 0 Å². The van der Waals surface area contributed by atoms with E-state index >= 15 is 0 Å². The summed E-state index contributed by atoms with van der Waals surface area (Å²) in [5.74, 6) is 0.792. The van der Waals surface area contributed by atoms with Crippen molar-refractivity contribution in [2.45, 2.75) is 36.9 Å². The van der Waals surface area contributed by atoms with Crippen molar-refractivity contribution >= 4 is 54.8 Å². The van der Waals surface area contributed by atoms with E-state index in [1.165, 1.54) is 37.0 Å². The molecule has 0 nitrogen and oxygen atoms in total. The maximum atomic E-state index is 6.06. The number of rotatable bonds is 2. The molecule has 15 heavy (non-hydrogen) atoms. The quantitative estimate of drug-likeness (QED) is 0.544. The minimum absolute atomic E-state index is 0.492. The van der Waals surface area contributed by atoms with Gasteiger partial charge >= 0.3 is 0 Å². The summed E-state index contributed by atoms with van der Waals surface area (Å²) < 4.78 is 1.90. The summed E-state index contributed by atoms with van der Waals surface area (Å²) >= 11 is 15.0. The van der Waals surface area contributed by atoms with Gasteiger partial charge in [-0.3, -0.25) is 0 Å². The van der Waals surface area contributed by atoms with Crippen LogP contribution in [0.25, 0.3) is 0 Å². The summed E-state index contributed by atoms with van der Waals surface area (Å²) in [6.45, 7) is 0. The van der Waals surface area contributed by atoms with E-state index in [4.69, 9.17) is 11.6 Å². The minimum atomic E-state index is 0.492. The highest BCUT2D eigenvalue weighted by Gasteiger charge is 2.24. The Labute approximate surface area is 117 Å². The monoisotopic (exact) mass is 370 g/mol. The first-order valence-electron chi connectivity index (χ1n) is 5.27. The Balaban J connectivity index is 2.08. The first kappa shape index (κ1) is 12.4. The van der Waals surface area contributed by atoms with Gasteiger partial charge in [-0.2, -0.15) is 0 Å². The van der Waals surface area contributed by atoms with Gasteiger partial charge in [0.05, 0.1) is 4.83 Å². The fraction of sp³-hybridized carbons (Fsp3) is 0.636. The van der Waals surface area contributed by atoms with Gasteiger partial charge in [-0.25, -0.2) is 0 Å². The molecule has 1 saturated carbocycles. The van der Waals surface area contributed by atoms with E-state index in [1.807, 2.05) is 0 Å².